The maximum atomic E-state index is 12.8. The van der Waals surface area contributed by atoms with E-state index in [1.54, 1.807) is 0 Å². The van der Waals surface area contributed by atoms with Crippen LogP contribution >= 0.6 is 0 Å². The molecular weight excluding hydrogens is 328 g/mol. The Bertz CT molecular complexity index is 623. The third-order valence-electron chi connectivity index (χ3n) is 5.34. The second-order valence-corrected chi connectivity index (χ2v) is 7.33. The van der Waals surface area contributed by atoms with Crippen molar-refractivity contribution in [3.05, 3.63) is 35.4 Å². The Balaban J connectivity index is 1.49. The van der Waals surface area contributed by atoms with E-state index in [-0.39, 0.29) is 18.1 Å². The summed E-state index contributed by atoms with van der Waals surface area (Å²) in [5, 5.41) is 2.93. The first-order valence-corrected chi connectivity index (χ1v) is 9.72. The number of nitrogens with zero attached hydrogens (tertiary/aromatic N) is 3. The van der Waals surface area contributed by atoms with Crippen molar-refractivity contribution < 1.29 is 9.59 Å². The molecule has 26 heavy (non-hydrogen) atoms. The molecule has 2 heterocycles. The molecule has 0 atom stereocenters. The van der Waals surface area contributed by atoms with Crippen molar-refractivity contribution in [2.75, 3.05) is 32.7 Å². The molecule has 6 heteroatoms. The van der Waals surface area contributed by atoms with Gasteiger partial charge in [-0.15, -0.1) is 0 Å². The molecule has 2 aliphatic rings. The lowest BCUT2D eigenvalue weighted by Gasteiger charge is -2.36. The van der Waals surface area contributed by atoms with Crippen LogP contribution in [0.2, 0.25) is 0 Å². The number of benzene rings is 1. The average Bonchev–Trinajstić information content (AvgIpc) is 3.02. The molecule has 6 nitrogen and oxygen atoms in total. The van der Waals surface area contributed by atoms with Crippen molar-refractivity contribution in [3.63, 3.8) is 0 Å². The Morgan fingerprint density at radius 3 is 2.46 bits per heavy atom. The van der Waals surface area contributed by atoms with Gasteiger partial charge in [0, 0.05) is 45.3 Å². The fourth-order valence-corrected chi connectivity index (χ4v) is 3.73. The molecular formula is C20H30N4O2. The molecule has 1 aromatic carbocycles. The van der Waals surface area contributed by atoms with Crippen LogP contribution in [-0.2, 0) is 6.54 Å². The van der Waals surface area contributed by atoms with Gasteiger partial charge in [-0.2, -0.15) is 0 Å². The topological polar surface area (TPSA) is 55.9 Å². The van der Waals surface area contributed by atoms with Crippen LogP contribution in [0, 0.1) is 6.92 Å². The Hall–Kier alpha value is -2.24. The summed E-state index contributed by atoms with van der Waals surface area (Å²) in [7, 11) is 0. The molecule has 0 aromatic heterocycles. The smallest absolute Gasteiger partial charge is 0.320 e. The maximum absolute atomic E-state index is 12.8. The lowest BCUT2D eigenvalue weighted by atomic mass is 10.0. The molecule has 2 fully saturated rings. The zero-order chi connectivity index (χ0) is 18.5. The third kappa shape index (κ3) is 4.29. The summed E-state index contributed by atoms with van der Waals surface area (Å²) in [4.78, 5) is 30.7. The summed E-state index contributed by atoms with van der Waals surface area (Å²) in [5.74, 6) is 0. The van der Waals surface area contributed by atoms with Gasteiger partial charge in [0.1, 0.15) is 0 Å². The standard InChI is InChI=1S/C20H30N4O2/c1-3-10-21-19(25)22-11-8-18(9-12-22)24-14-13-23(20(24)26)15-17-6-4-16(2)5-7-17/h4-7,18H,3,8-15H2,1-2H3,(H,21,25). The summed E-state index contributed by atoms with van der Waals surface area (Å²) in [6.07, 6.45) is 2.68. The first kappa shape index (κ1) is 18.5. The number of rotatable bonds is 5. The van der Waals surface area contributed by atoms with Gasteiger partial charge in [0.05, 0.1) is 0 Å². The van der Waals surface area contributed by atoms with E-state index < -0.39 is 0 Å². The minimum absolute atomic E-state index is 0.0269. The fraction of sp³-hybridized carbons (Fsp3) is 0.600. The number of nitrogens with one attached hydrogen (secondary N) is 1. The van der Waals surface area contributed by atoms with Crippen molar-refractivity contribution in [1.29, 1.82) is 0 Å². The number of carbonyl (C=O) groups excluding carboxylic acids is 2. The van der Waals surface area contributed by atoms with Gasteiger partial charge in [0.25, 0.3) is 0 Å². The molecule has 0 aliphatic carbocycles. The van der Waals surface area contributed by atoms with Crippen LogP contribution in [0.3, 0.4) is 0 Å². The molecule has 1 N–H and O–H groups in total. The highest BCUT2D eigenvalue weighted by molar-refractivity contribution is 5.77. The fourth-order valence-electron chi connectivity index (χ4n) is 3.73. The van der Waals surface area contributed by atoms with Crippen LogP contribution in [0.25, 0.3) is 0 Å². The van der Waals surface area contributed by atoms with Crippen molar-refractivity contribution >= 4 is 12.1 Å². The van der Waals surface area contributed by atoms with Gasteiger partial charge >= 0.3 is 12.1 Å². The molecule has 2 aliphatic heterocycles. The first-order chi connectivity index (χ1) is 12.6. The van der Waals surface area contributed by atoms with E-state index in [0.717, 1.165) is 52.0 Å². The van der Waals surface area contributed by atoms with Crippen molar-refractivity contribution in [2.24, 2.45) is 0 Å². The molecule has 0 bridgehead atoms. The second-order valence-electron chi connectivity index (χ2n) is 7.33. The number of hydrogen-bond acceptors (Lipinski definition) is 2. The molecule has 3 rings (SSSR count). The van der Waals surface area contributed by atoms with Crippen LogP contribution in [0.5, 0.6) is 0 Å². The lowest BCUT2D eigenvalue weighted by Crippen LogP contribution is -2.50. The van der Waals surface area contributed by atoms with E-state index in [2.05, 4.69) is 36.5 Å². The number of urea groups is 2. The number of piperidine rings is 1. The van der Waals surface area contributed by atoms with Gasteiger partial charge in [-0.1, -0.05) is 36.8 Å². The maximum Gasteiger partial charge on any atom is 0.320 e. The SMILES string of the molecule is CCCNC(=O)N1CCC(N2CCN(Cc3ccc(C)cc3)C2=O)CC1. The summed E-state index contributed by atoms with van der Waals surface area (Å²) in [6.45, 7) is 8.53. The van der Waals surface area contributed by atoms with Gasteiger partial charge in [0.2, 0.25) is 0 Å². The minimum Gasteiger partial charge on any atom is -0.338 e. The van der Waals surface area contributed by atoms with Crippen LogP contribution < -0.4 is 5.32 Å². The molecule has 1 aromatic rings. The normalized spacial score (nSPS) is 18.5. The second kappa shape index (κ2) is 8.43. The number of amides is 4. The highest BCUT2D eigenvalue weighted by Crippen LogP contribution is 2.22. The Labute approximate surface area is 156 Å². The molecule has 0 spiro atoms. The van der Waals surface area contributed by atoms with Gasteiger partial charge in [-0.05, 0) is 31.7 Å². The van der Waals surface area contributed by atoms with E-state index in [1.807, 2.05) is 21.6 Å². The Morgan fingerprint density at radius 2 is 1.81 bits per heavy atom. The summed E-state index contributed by atoms with van der Waals surface area (Å²) >= 11 is 0. The van der Waals surface area contributed by atoms with Crippen molar-refractivity contribution in [3.8, 4) is 0 Å². The first-order valence-electron chi connectivity index (χ1n) is 9.72. The molecule has 0 radical (unpaired) electrons. The molecule has 2 saturated heterocycles. The van der Waals surface area contributed by atoms with Crippen LogP contribution in [-0.4, -0.2) is 65.5 Å². The van der Waals surface area contributed by atoms with E-state index in [0.29, 0.717) is 6.54 Å². The average molecular weight is 358 g/mol. The predicted octanol–water partition coefficient (Wildman–Crippen LogP) is 2.82. The van der Waals surface area contributed by atoms with Crippen LogP contribution in [0.4, 0.5) is 9.59 Å². The molecule has 0 unspecified atom stereocenters. The molecule has 0 saturated carbocycles. The Kier molecular flexibility index (Phi) is 6.01. The van der Waals surface area contributed by atoms with Crippen LogP contribution in [0.15, 0.2) is 24.3 Å². The van der Waals surface area contributed by atoms with E-state index in [4.69, 9.17) is 0 Å². The zero-order valence-electron chi connectivity index (χ0n) is 15.9. The largest absolute Gasteiger partial charge is 0.338 e. The van der Waals surface area contributed by atoms with Crippen LogP contribution in [0.1, 0.15) is 37.3 Å². The number of likely N-dealkylation sites (tertiary alicyclic amines) is 1. The lowest BCUT2D eigenvalue weighted by molar-refractivity contribution is 0.134. The van der Waals surface area contributed by atoms with Crippen molar-refractivity contribution in [1.82, 2.24) is 20.0 Å². The predicted molar refractivity (Wildman–Crippen MR) is 102 cm³/mol. The minimum atomic E-state index is 0.0269. The summed E-state index contributed by atoms with van der Waals surface area (Å²) < 4.78 is 0. The number of carbonyl (C=O) groups is 2. The Morgan fingerprint density at radius 1 is 1.12 bits per heavy atom. The summed E-state index contributed by atoms with van der Waals surface area (Å²) in [5.41, 5.74) is 2.41. The van der Waals surface area contributed by atoms with Gasteiger partial charge in [-0.3, -0.25) is 0 Å². The monoisotopic (exact) mass is 358 g/mol. The highest BCUT2D eigenvalue weighted by atomic mass is 16.2. The van der Waals surface area contributed by atoms with Gasteiger partial charge in [0.15, 0.2) is 0 Å². The number of aryl methyl sites for hydroxylation is 1. The van der Waals surface area contributed by atoms with Gasteiger partial charge < -0.3 is 20.0 Å². The highest BCUT2D eigenvalue weighted by Gasteiger charge is 2.35. The number of hydrogen-bond donors (Lipinski definition) is 1. The van der Waals surface area contributed by atoms with E-state index in [1.165, 1.54) is 11.1 Å². The summed E-state index contributed by atoms with van der Waals surface area (Å²) in [6, 6.07) is 8.79. The van der Waals surface area contributed by atoms with Crippen molar-refractivity contribution in [2.45, 2.75) is 45.7 Å². The third-order valence-corrected chi connectivity index (χ3v) is 5.34. The quantitative estimate of drug-likeness (QED) is 0.880. The van der Waals surface area contributed by atoms with E-state index >= 15 is 0 Å². The van der Waals surface area contributed by atoms with E-state index in [9.17, 15) is 9.59 Å². The zero-order valence-corrected chi connectivity index (χ0v) is 15.9. The van der Waals surface area contributed by atoms with Gasteiger partial charge in [-0.25, -0.2) is 9.59 Å². The molecule has 142 valence electrons. The molecule has 4 amide bonds.